The fourth-order valence-electron chi connectivity index (χ4n) is 0.751. The standard InChI is InChI=1S/C10H7BrO/c11-10-7-2-1-5-9(10)6-3-4-8-12/h1-2,5,7-8H,4H2. The normalized spacial score (nSPS) is 8.42. The van der Waals surface area contributed by atoms with Crippen molar-refractivity contribution >= 4 is 22.2 Å². The molecule has 0 fully saturated rings. The lowest BCUT2D eigenvalue weighted by Crippen LogP contribution is -1.75. The van der Waals surface area contributed by atoms with Crippen molar-refractivity contribution in [3.8, 4) is 11.8 Å². The van der Waals surface area contributed by atoms with E-state index < -0.39 is 0 Å². The zero-order valence-electron chi connectivity index (χ0n) is 6.38. The van der Waals surface area contributed by atoms with Gasteiger partial charge in [0.2, 0.25) is 0 Å². The summed E-state index contributed by atoms with van der Waals surface area (Å²) in [6.45, 7) is 0. The third kappa shape index (κ3) is 2.52. The summed E-state index contributed by atoms with van der Waals surface area (Å²) in [5.74, 6) is 5.63. The average molecular weight is 223 g/mol. The van der Waals surface area contributed by atoms with Crippen molar-refractivity contribution in [1.29, 1.82) is 0 Å². The first kappa shape index (κ1) is 9.02. The third-order valence-electron chi connectivity index (χ3n) is 1.28. The van der Waals surface area contributed by atoms with Crippen LogP contribution in [0.15, 0.2) is 28.7 Å². The van der Waals surface area contributed by atoms with Gasteiger partial charge in [0.1, 0.15) is 6.29 Å². The van der Waals surface area contributed by atoms with Crippen molar-refractivity contribution in [3.05, 3.63) is 34.3 Å². The molecule has 0 aliphatic rings. The molecule has 0 aliphatic heterocycles. The van der Waals surface area contributed by atoms with E-state index in [9.17, 15) is 4.79 Å². The van der Waals surface area contributed by atoms with Crippen LogP contribution in [-0.2, 0) is 4.79 Å². The largest absolute Gasteiger partial charge is 0.302 e. The summed E-state index contributed by atoms with van der Waals surface area (Å²) >= 11 is 3.36. The van der Waals surface area contributed by atoms with Gasteiger partial charge >= 0.3 is 0 Å². The van der Waals surface area contributed by atoms with Gasteiger partial charge in [0.25, 0.3) is 0 Å². The molecule has 0 amide bonds. The Bertz CT molecular complexity index is 333. The quantitative estimate of drug-likeness (QED) is 0.527. The van der Waals surface area contributed by atoms with Crippen LogP contribution in [0.4, 0.5) is 0 Å². The van der Waals surface area contributed by atoms with Gasteiger partial charge < -0.3 is 4.79 Å². The highest BCUT2D eigenvalue weighted by Gasteiger charge is 1.90. The topological polar surface area (TPSA) is 17.1 Å². The maximum Gasteiger partial charge on any atom is 0.131 e. The minimum atomic E-state index is 0.293. The van der Waals surface area contributed by atoms with E-state index in [-0.39, 0.29) is 0 Å². The summed E-state index contributed by atoms with van der Waals surface area (Å²) in [6, 6.07) is 7.66. The molecule has 60 valence electrons. The summed E-state index contributed by atoms with van der Waals surface area (Å²) < 4.78 is 0.961. The zero-order valence-corrected chi connectivity index (χ0v) is 7.97. The van der Waals surface area contributed by atoms with Crippen LogP contribution in [0.5, 0.6) is 0 Å². The lowest BCUT2D eigenvalue weighted by molar-refractivity contribution is -0.107. The molecule has 1 aromatic rings. The maximum atomic E-state index is 9.97. The van der Waals surface area contributed by atoms with Crippen molar-refractivity contribution < 1.29 is 4.79 Å². The van der Waals surface area contributed by atoms with Crippen LogP contribution < -0.4 is 0 Å². The van der Waals surface area contributed by atoms with E-state index in [1.807, 2.05) is 24.3 Å². The van der Waals surface area contributed by atoms with Gasteiger partial charge in [-0.2, -0.15) is 0 Å². The zero-order chi connectivity index (χ0) is 8.81. The number of carbonyl (C=O) groups is 1. The molecular formula is C10H7BrO. The molecule has 0 spiro atoms. The number of carbonyl (C=O) groups excluding carboxylic acids is 1. The molecule has 0 radical (unpaired) electrons. The monoisotopic (exact) mass is 222 g/mol. The minimum absolute atomic E-state index is 0.293. The molecular weight excluding hydrogens is 216 g/mol. The van der Waals surface area contributed by atoms with Crippen molar-refractivity contribution in [2.45, 2.75) is 6.42 Å². The first-order valence-corrected chi connectivity index (χ1v) is 4.31. The molecule has 0 unspecified atom stereocenters. The van der Waals surface area contributed by atoms with Crippen LogP contribution in [-0.4, -0.2) is 6.29 Å². The van der Waals surface area contributed by atoms with E-state index in [0.29, 0.717) is 6.42 Å². The van der Waals surface area contributed by atoms with Gasteiger partial charge in [0, 0.05) is 10.0 Å². The highest BCUT2D eigenvalue weighted by atomic mass is 79.9. The molecule has 1 aromatic carbocycles. The second kappa shape index (κ2) is 4.74. The van der Waals surface area contributed by atoms with Gasteiger partial charge in [-0.3, -0.25) is 0 Å². The van der Waals surface area contributed by atoms with Crippen molar-refractivity contribution in [2.75, 3.05) is 0 Å². The number of halogens is 1. The highest BCUT2D eigenvalue weighted by molar-refractivity contribution is 9.10. The number of rotatable bonds is 1. The Hall–Kier alpha value is -1.07. The van der Waals surface area contributed by atoms with Crippen LogP contribution in [0, 0.1) is 11.8 Å². The Morgan fingerprint density at radius 2 is 2.17 bits per heavy atom. The van der Waals surface area contributed by atoms with Crippen molar-refractivity contribution in [3.63, 3.8) is 0 Å². The maximum absolute atomic E-state index is 9.97. The Labute approximate surface area is 79.9 Å². The van der Waals surface area contributed by atoms with Gasteiger partial charge in [0.05, 0.1) is 6.42 Å². The van der Waals surface area contributed by atoms with E-state index in [2.05, 4.69) is 27.8 Å². The van der Waals surface area contributed by atoms with Gasteiger partial charge in [0.15, 0.2) is 0 Å². The van der Waals surface area contributed by atoms with Crippen LogP contribution in [0.3, 0.4) is 0 Å². The highest BCUT2D eigenvalue weighted by Crippen LogP contribution is 2.13. The van der Waals surface area contributed by atoms with E-state index >= 15 is 0 Å². The summed E-state index contributed by atoms with van der Waals surface area (Å²) in [7, 11) is 0. The Morgan fingerprint density at radius 1 is 1.42 bits per heavy atom. The lowest BCUT2D eigenvalue weighted by atomic mass is 10.2. The van der Waals surface area contributed by atoms with Crippen molar-refractivity contribution in [1.82, 2.24) is 0 Å². The second-order valence-corrected chi connectivity index (χ2v) is 3.01. The van der Waals surface area contributed by atoms with Crippen LogP contribution >= 0.6 is 15.9 Å². The molecule has 0 heterocycles. The second-order valence-electron chi connectivity index (χ2n) is 2.15. The van der Waals surface area contributed by atoms with Gasteiger partial charge in [-0.1, -0.05) is 24.0 Å². The SMILES string of the molecule is O=CCC#Cc1ccccc1Br. The molecule has 12 heavy (non-hydrogen) atoms. The molecule has 0 aromatic heterocycles. The molecule has 1 nitrogen and oxygen atoms in total. The summed E-state index contributed by atoms with van der Waals surface area (Å²) in [4.78, 5) is 9.97. The molecule has 0 atom stereocenters. The predicted molar refractivity (Wildman–Crippen MR) is 51.7 cm³/mol. The Morgan fingerprint density at radius 3 is 2.83 bits per heavy atom. The van der Waals surface area contributed by atoms with Gasteiger partial charge in [-0.25, -0.2) is 0 Å². The molecule has 0 aliphatic carbocycles. The first-order chi connectivity index (χ1) is 5.84. The lowest BCUT2D eigenvalue weighted by Gasteiger charge is -1.91. The average Bonchev–Trinajstić information content (AvgIpc) is 2.09. The molecule has 0 saturated heterocycles. The summed E-state index contributed by atoms with van der Waals surface area (Å²) in [6.07, 6.45) is 1.09. The van der Waals surface area contributed by atoms with Crippen LogP contribution in [0.25, 0.3) is 0 Å². The van der Waals surface area contributed by atoms with Gasteiger partial charge in [-0.15, -0.1) is 0 Å². The number of aldehydes is 1. The first-order valence-electron chi connectivity index (χ1n) is 3.51. The van der Waals surface area contributed by atoms with Crippen molar-refractivity contribution in [2.24, 2.45) is 0 Å². The van der Waals surface area contributed by atoms with Crippen LogP contribution in [0.1, 0.15) is 12.0 Å². The minimum Gasteiger partial charge on any atom is -0.302 e. The number of hydrogen-bond donors (Lipinski definition) is 0. The molecule has 1 rings (SSSR count). The van der Waals surface area contributed by atoms with E-state index in [1.54, 1.807) is 0 Å². The Balaban J connectivity index is 2.84. The smallest absolute Gasteiger partial charge is 0.131 e. The molecule has 0 N–H and O–H groups in total. The third-order valence-corrected chi connectivity index (χ3v) is 1.97. The predicted octanol–water partition coefficient (Wildman–Crippen LogP) is 2.39. The van der Waals surface area contributed by atoms with Gasteiger partial charge in [-0.05, 0) is 28.1 Å². The summed E-state index contributed by atoms with van der Waals surface area (Å²) in [5.41, 5.74) is 0.916. The summed E-state index contributed by atoms with van der Waals surface area (Å²) in [5, 5.41) is 0. The molecule has 0 saturated carbocycles. The number of hydrogen-bond acceptors (Lipinski definition) is 1. The van der Waals surface area contributed by atoms with E-state index in [0.717, 1.165) is 16.3 Å². The Kier molecular flexibility index (Phi) is 3.56. The van der Waals surface area contributed by atoms with Crippen LogP contribution in [0.2, 0.25) is 0 Å². The molecule has 2 heteroatoms. The van der Waals surface area contributed by atoms with E-state index in [1.165, 1.54) is 0 Å². The molecule has 0 bridgehead atoms. The number of benzene rings is 1. The fraction of sp³-hybridized carbons (Fsp3) is 0.100. The fourth-order valence-corrected chi connectivity index (χ4v) is 1.13. The van der Waals surface area contributed by atoms with E-state index in [4.69, 9.17) is 0 Å².